The standard InChI is InChI=1S/C14H12FNO4/c15-12-5-3-10(4-6-12)13(17)8-11(9-16(18)19)14-2-1-7-20-14/h1-7,11H,8-9H2/t11-/m1/s1. The highest BCUT2D eigenvalue weighted by Gasteiger charge is 2.24. The van der Waals surface area contributed by atoms with E-state index in [4.69, 9.17) is 4.42 Å². The Hall–Kier alpha value is -2.50. The first-order valence-corrected chi connectivity index (χ1v) is 6.00. The van der Waals surface area contributed by atoms with E-state index in [0.29, 0.717) is 11.3 Å². The fourth-order valence-corrected chi connectivity index (χ4v) is 1.94. The fraction of sp³-hybridized carbons (Fsp3) is 0.214. The lowest BCUT2D eigenvalue weighted by atomic mass is 9.96. The highest BCUT2D eigenvalue weighted by Crippen LogP contribution is 2.22. The number of hydrogen-bond donors (Lipinski definition) is 0. The van der Waals surface area contributed by atoms with E-state index in [1.54, 1.807) is 12.1 Å². The van der Waals surface area contributed by atoms with Crippen LogP contribution in [0.1, 0.15) is 28.5 Å². The second-order valence-corrected chi connectivity index (χ2v) is 4.36. The van der Waals surface area contributed by atoms with Gasteiger partial charge in [-0.1, -0.05) is 0 Å². The number of halogens is 1. The first-order chi connectivity index (χ1) is 9.56. The summed E-state index contributed by atoms with van der Waals surface area (Å²) < 4.78 is 17.9. The summed E-state index contributed by atoms with van der Waals surface area (Å²) in [5.74, 6) is -0.947. The normalized spacial score (nSPS) is 12.1. The molecule has 0 radical (unpaired) electrons. The van der Waals surface area contributed by atoms with Crippen molar-refractivity contribution in [1.82, 2.24) is 0 Å². The molecule has 5 nitrogen and oxygen atoms in total. The van der Waals surface area contributed by atoms with E-state index in [9.17, 15) is 19.3 Å². The van der Waals surface area contributed by atoms with Crippen LogP contribution in [0, 0.1) is 15.9 Å². The van der Waals surface area contributed by atoms with Gasteiger partial charge in [-0.05, 0) is 36.4 Å². The van der Waals surface area contributed by atoms with Gasteiger partial charge < -0.3 is 4.42 Å². The van der Waals surface area contributed by atoms with E-state index in [1.807, 2.05) is 0 Å². The summed E-state index contributed by atoms with van der Waals surface area (Å²) in [6.45, 7) is -0.388. The topological polar surface area (TPSA) is 73.3 Å². The molecule has 0 saturated carbocycles. The molecular formula is C14H12FNO4. The molecule has 1 heterocycles. The molecule has 20 heavy (non-hydrogen) atoms. The number of carbonyl (C=O) groups is 1. The highest BCUT2D eigenvalue weighted by atomic mass is 19.1. The van der Waals surface area contributed by atoms with E-state index in [0.717, 1.165) is 0 Å². The first-order valence-electron chi connectivity index (χ1n) is 6.00. The number of nitrogens with zero attached hydrogens (tertiary/aromatic N) is 1. The molecule has 0 aliphatic rings. The molecule has 2 rings (SSSR count). The van der Waals surface area contributed by atoms with E-state index >= 15 is 0 Å². The summed E-state index contributed by atoms with van der Waals surface area (Å²) in [7, 11) is 0. The molecule has 0 aliphatic carbocycles. The third-order valence-corrected chi connectivity index (χ3v) is 2.91. The molecule has 0 fully saturated rings. The average Bonchev–Trinajstić information content (AvgIpc) is 2.92. The number of benzene rings is 1. The predicted molar refractivity (Wildman–Crippen MR) is 68.7 cm³/mol. The molecule has 2 aromatic rings. The summed E-state index contributed by atoms with van der Waals surface area (Å²) in [6.07, 6.45) is 1.35. The van der Waals surface area contributed by atoms with Crippen molar-refractivity contribution in [2.75, 3.05) is 6.54 Å². The number of furan rings is 1. The van der Waals surface area contributed by atoms with Crippen molar-refractivity contribution in [3.05, 3.63) is 69.9 Å². The average molecular weight is 277 g/mol. The Balaban J connectivity index is 2.13. The number of nitro groups is 1. The predicted octanol–water partition coefficient (Wildman–Crippen LogP) is 3.05. The summed E-state index contributed by atoms with van der Waals surface area (Å²) in [6, 6.07) is 8.31. The Morgan fingerprint density at radius 3 is 2.55 bits per heavy atom. The molecule has 1 aromatic heterocycles. The molecule has 0 aliphatic heterocycles. The smallest absolute Gasteiger partial charge is 0.214 e. The molecule has 0 N–H and O–H groups in total. The minimum Gasteiger partial charge on any atom is -0.469 e. The Morgan fingerprint density at radius 2 is 2.00 bits per heavy atom. The molecular weight excluding hydrogens is 265 g/mol. The van der Waals surface area contributed by atoms with Gasteiger partial charge in [-0.2, -0.15) is 0 Å². The first kappa shape index (κ1) is 13.9. The summed E-state index contributed by atoms with van der Waals surface area (Å²) in [4.78, 5) is 22.2. The van der Waals surface area contributed by atoms with E-state index in [-0.39, 0.29) is 18.7 Å². The van der Waals surface area contributed by atoms with Crippen LogP contribution in [-0.4, -0.2) is 17.3 Å². The second kappa shape index (κ2) is 6.10. The van der Waals surface area contributed by atoms with Gasteiger partial charge in [0.2, 0.25) is 6.54 Å². The number of carbonyl (C=O) groups excluding carboxylic acids is 1. The minimum atomic E-state index is -0.627. The number of ketones is 1. The van der Waals surface area contributed by atoms with E-state index < -0.39 is 16.7 Å². The van der Waals surface area contributed by atoms with Crippen molar-refractivity contribution in [2.24, 2.45) is 0 Å². The molecule has 0 amide bonds. The molecule has 0 saturated heterocycles. The van der Waals surface area contributed by atoms with Crippen LogP contribution in [0.3, 0.4) is 0 Å². The largest absolute Gasteiger partial charge is 0.469 e. The van der Waals surface area contributed by atoms with Gasteiger partial charge in [0.15, 0.2) is 5.78 Å². The molecule has 104 valence electrons. The lowest BCUT2D eigenvalue weighted by Gasteiger charge is -2.09. The molecule has 0 bridgehead atoms. The van der Waals surface area contributed by atoms with Crippen molar-refractivity contribution in [3.8, 4) is 0 Å². The van der Waals surface area contributed by atoms with E-state index in [1.165, 1.54) is 30.5 Å². The quantitative estimate of drug-likeness (QED) is 0.462. The highest BCUT2D eigenvalue weighted by molar-refractivity contribution is 5.96. The zero-order valence-electron chi connectivity index (χ0n) is 10.5. The molecule has 0 spiro atoms. The van der Waals surface area contributed by atoms with Crippen LogP contribution in [0.25, 0.3) is 0 Å². The lowest BCUT2D eigenvalue weighted by Crippen LogP contribution is -2.16. The van der Waals surface area contributed by atoms with Crippen molar-refractivity contribution in [3.63, 3.8) is 0 Å². The molecule has 1 atom stereocenters. The zero-order valence-corrected chi connectivity index (χ0v) is 10.5. The van der Waals surface area contributed by atoms with Gasteiger partial charge in [0, 0.05) is 16.9 Å². The van der Waals surface area contributed by atoms with Gasteiger partial charge in [0.1, 0.15) is 11.6 Å². The maximum atomic E-state index is 12.8. The van der Waals surface area contributed by atoms with Crippen LogP contribution in [0.4, 0.5) is 4.39 Å². The molecule has 6 heteroatoms. The SMILES string of the molecule is O=C(C[C@H](C[N+](=O)[O-])c1ccco1)c1ccc(F)cc1. The maximum Gasteiger partial charge on any atom is 0.214 e. The fourth-order valence-electron chi connectivity index (χ4n) is 1.94. The third-order valence-electron chi connectivity index (χ3n) is 2.91. The Bertz CT molecular complexity index is 592. The van der Waals surface area contributed by atoms with Gasteiger partial charge in [-0.25, -0.2) is 4.39 Å². The van der Waals surface area contributed by atoms with Crippen LogP contribution in [0.5, 0.6) is 0 Å². The molecule has 0 unspecified atom stereocenters. The summed E-state index contributed by atoms with van der Waals surface area (Å²) >= 11 is 0. The third kappa shape index (κ3) is 3.50. The Morgan fingerprint density at radius 1 is 1.30 bits per heavy atom. The number of rotatable bonds is 6. The van der Waals surface area contributed by atoms with Gasteiger partial charge in [-0.15, -0.1) is 0 Å². The zero-order chi connectivity index (χ0) is 14.5. The van der Waals surface area contributed by atoms with Crippen LogP contribution in [0.2, 0.25) is 0 Å². The summed E-state index contributed by atoms with van der Waals surface area (Å²) in [5.41, 5.74) is 0.325. The number of hydrogen-bond acceptors (Lipinski definition) is 4. The number of Topliss-reactive ketones (excluding diaryl/α,β-unsaturated/α-hetero) is 1. The molecule has 1 aromatic carbocycles. The summed E-state index contributed by atoms with van der Waals surface area (Å²) in [5, 5.41) is 10.7. The van der Waals surface area contributed by atoms with Gasteiger partial charge in [0.05, 0.1) is 12.2 Å². The van der Waals surface area contributed by atoms with Crippen molar-refractivity contribution < 1.29 is 18.5 Å². The van der Waals surface area contributed by atoms with Gasteiger partial charge >= 0.3 is 0 Å². The minimum absolute atomic E-state index is 0.0554. The van der Waals surface area contributed by atoms with Crippen molar-refractivity contribution in [1.29, 1.82) is 0 Å². The Kier molecular flexibility index (Phi) is 4.24. The van der Waals surface area contributed by atoms with Crippen LogP contribution >= 0.6 is 0 Å². The maximum absolute atomic E-state index is 12.8. The Labute approximate surface area is 114 Å². The van der Waals surface area contributed by atoms with Crippen LogP contribution in [-0.2, 0) is 0 Å². The van der Waals surface area contributed by atoms with Crippen LogP contribution in [0.15, 0.2) is 47.1 Å². The van der Waals surface area contributed by atoms with Crippen molar-refractivity contribution >= 4 is 5.78 Å². The van der Waals surface area contributed by atoms with Crippen molar-refractivity contribution in [2.45, 2.75) is 12.3 Å². The van der Waals surface area contributed by atoms with Crippen LogP contribution < -0.4 is 0 Å². The lowest BCUT2D eigenvalue weighted by molar-refractivity contribution is -0.483. The van der Waals surface area contributed by atoms with E-state index in [2.05, 4.69) is 0 Å². The van der Waals surface area contributed by atoms with Gasteiger partial charge in [0.25, 0.3) is 0 Å². The van der Waals surface area contributed by atoms with Gasteiger partial charge in [-0.3, -0.25) is 14.9 Å². The monoisotopic (exact) mass is 277 g/mol. The second-order valence-electron chi connectivity index (χ2n) is 4.36.